The van der Waals surface area contributed by atoms with Crippen LogP contribution in [0.15, 0.2) is 144 Å². The maximum atomic E-state index is 6.41. The minimum absolute atomic E-state index is 0.111. The van der Waals surface area contributed by atoms with Crippen molar-refractivity contribution in [1.29, 1.82) is 0 Å². The Bertz CT molecular complexity index is 2710. The van der Waals surface area contributed by atoms with Crippen LogP contribution in [0.1, 0.15) is 25.0 Å². The van der Waals surface area contributed by atoms with Gasteiger partial charge in [-0.1, -0.05) is 135 Å². The Kier molecular flexibility index (Phi) is 5.31. The zero-order valence-electron chi connectivity index (χ0n) is 26.0. The van der Waals surface area contributed by atoms with Crippen molar-refractivity contribution in [3.05, 3.63) is 151 Å². The summed E-state index contributed by atoms with van der Waals surface area (Å²) in [6, 6.07) is 49.3. The van der Waals surface area contributed by atoms with Gasteiger partial charge in [0.05, 0.1) is 27.8 Å². The first kappa shape index (κ1) is 26.2. The van der Waals surface area contributed by atoms with Crippen LogP contribution in [0.5, 0.6) is 0 Å². The molecule has 4 heteroatoms. The van der Waals surface area contributed by atoms with Gasteiger partial charge < -0.3 is 8.98 Å². The minimum Gasteiger partial charge on any atom is -0.438 e. The Morgan fingerprint density at radius 1 is 0.574 bits per heavy atom. The van der Waals surface area contributed by atoms with Crippen LogP contribution < -0.4 is 0 Å². The van der Waals surface area contributed by atoms with Gasteiger partial charge in [-0.3, -0.25) is 0 Å². The fourth-order valence-electron chi connectivity index (χ4n) is 7.90. The standard InChI is InChI=1S/C43H29N3O/c1-43(2)32-20-10-6-17-29(32)37-33(43)25-24-28-27-16-7-11-21-34(27)46(40(28)37)35-22-12-8-18-30(35)39-38-31-19-9-13-23-36(31)47-42(38)45-41(44-39)26-14-4-3-5-15-26/h3-25H,1-2H3. The Morgan fingerprint density at radius 3 is 2.15 bits per heavy atom. The molecule has 9 aromatic rings. The number of rotatable bonds is 3. The highest BCUT2D eigenvalue weighted by Crippen LogP contribution is 2.53. The van der Waals surface area contributed by atoms with Gasteiger partial charge in [-0.15, -0.1) is 0 Å². The van der Waals surface area contributed by atoms with Gasteiger partial charge in [-0.25, -0.2) is 4.98 Å². The predicted octanol–water partition coefficient (Wildman–Crippen LogP) is 11.1. The third-order valence-electron chi connectivity index (χ3n) is 10.1. The second kappa shape index (κ2) is 9.51. The average Bonchev–Trinajstić information content (AvgIpc) is 3.74. The average molecular weight is 604 g/mol. The monoisotopic (exact) mass is 603 g/mol. The van der Waals surface area contributed by atoms with Gasteiger partial charge in [0.2, 0.25) is 5.71 Å². The fraction of sp³-hybridized carbons (Fsp3) is 0.0698. The molecule has 0 saturated heterocycles. The molecule has 1 aliphatic rings. The highest BCUT2D eigenvalue weighted by Gasteiger charge is 2.37. The molecule has 0 aliphatic heterocycles. The van der Waals surface area contributed by atoms with Crippen molar-refractivity contribution >= 4 is 43.9 Å². The van der Waals surface area contributed by atoms with Crippen molar-refractivity contribution in [3.63, 3.8) is 0 Å². The number of aromatic nitrogens is 3. The maximum absolute atomic E-state index is 6.41. The lowest BCUT2D eigenvalue weighted by molar-refractivity contribution is 0.653. The van der Waals surface area contributed by atoms with E-state index >= 15 is 0 Å². The van der Waals surface area contributed by atoms with Crippen LogP contribution in [0.3, 0.4) is 0 Å². The molecule has 3 heterocycles. The van der Waals surface area contributed by atoms with Crippen LogP contribution in [-0.4, -0.2) is 14.5 Å². The van der Waals surface area contributed by atoms with Gasteiger partial charge in [0.1, 0.15) is 5.58 Å². The molecular formula is C43H29N3O. The van der Waals surface area contributed by atoms with E-state index in [2.05, 4.69) is 122 Å². The Morgan fingerprint density at radius 2 is 1.28 bits per heavy atom. The van der Waals surface area contributed by atoms with Crippen LogP contribution in [0.2, 0.25) is 0 Å². The highest BCUT2D eigenvalue weighted by molar-refractivity contribution is 6.17. The van der Waals surface area contributed by atoms with E-state index in [-0.39, 0.29) is 5.41 Å². The summed E-state index contributed by atoms with van der Waals surface area (Å²) in [5, 5.41) is 4.40. The zero-order chi connectivity index (χ0) is 31.3. The molecule has 0 fully saturated rings. The Balaban J connectivity index is 1.36. The summed E-state index contributed by atoms with van der Waals surface area (Å²) < 4.78 is 8.88. The van der Waals surface area contributed by atoms with E-state index in [1.165, 1.54) is 38.5 Å². The maximum Gasteiger partial charge on any atom is 0.231 e. The second-order valence-corrected chi connectivity index (χ2v) is 13.0. The molecule has 0 N–H and O–H groups in total. The molecule has 0 spiro atoms. The number of nitrogens with zero attached hydrogens (tertiary/aromatic N) is 3. The Labute approximate surface area is 271 Å². The van der Waals surface area contributed by atoms with Gasteiger partial charge in [-0.05, 0) is 34.9 Å². The van der Waals surface area contributed by atoms with Gasteiger partial charge in [0.25, 0.3) is 0 Å². The SMILES string of the molecule is CC1(C)c2ccccc2-c2c1ccc1c3ccccc3n(-c3ccccc3-c3nc(-c4ccccc4)nc4oc5ccccc5c34)c21. The molecule has 0 saturated carbocycles. The molecule has 4 nitrogen and oxygen atoms in total. The quantitative estimate of drug-likeness (QED) is 0.202. The predicted molar refractivity (Wildman–Crippen MR) is 192 cm³/mol. The van der Waals surface area contributed by atoms with E-state index in [1.54, 1.807) is 0 Å². The minimum atomic E-state index is -0.111. The van der Waals surface area contributed by atoms with Crippen molar-refractivity contribution in [2.45, 2.75) is 19.3 Å². The third-order valence-corrected chi connectivity index (χ3v) is 10.1. The van der Waals surface area contributed by atoms with E-state index in [0.29, 0.717) is 11.5 Å². The van der Waals surface area contributed by atoms with Crippen LogP contribution >= 0.6 is 0 Å². The van der Waals surface area contributed by atoms with Gasteiger partial charge in [-0.2, -0.15) is 4.98 Å². The van der Waals surface area contributed by atoms with E-state index < -0.39 is 0 Å². The van der Waals surface area contributed by atoms with E-state index in [0.717, 1.165) is 44.4 Å². The van der Waals surface area contributed by atoms with Crippen molar-refractivity contribution in [1.82, 2.24) is 14.5 Å². The fourth-order valence-corrected chi connectivity index (χ4v) is 7.90. The molecule has 47 heavy (non-hydrogen) atoms. The summed E-state index contributed by atoms with van der Waals surface area (Å²) >= 11 is 0. The molecule has 222 valence electrons. The van der Waals surface area contributed by atoms with E-state index in [4.69, 9.17) is 14.4 Å². The van der Waals surface area contributed by atoms with Crippen molar-refractivity contribution < 1.29 is 4.42 Å². The molecule has 0 amide bonds. The van der Waals surface area contributed by atoms with Crippen LogP contribution in [0.4, 0.5) is 0 Å². The van der Waals surface area contributed by atoms with Gasteiger partial charge >= 0.3 is 0 Å². The number of furan rings is 1. The Hall–Kier alpha value is -6.00. The van der Waals surface area contributed by atoms with Gasteiger partial charge in [0, 0.05) is 38.3 Å². The smallest absolute Gasteiger partial charge is 0.231 e. The summed E-state index contributed by atoms with van der Waals surface area (Å²) in [6.45, 7) is 4.69. The molecule has 0 radical (unpaired) electrons. The second-order valence-electron chi connectivity index (χ2n) is 13.0. The molecule has 1 aliphatic carbocycles. The molecule has 0 atom stereocenters. The first-order valence-corrected chi connectivity index (χ1v) is 16.1. The summed E-state index contributed by atoms with van der Waals surface area (Å²) in [6.07, 6.45) is 0. The topological polar surface area (TPSA) is 43.9 Å². The molecule has 6 aromatic carbocycles. The van der Waals surface area contributed by atoms with Crippen LogP contribution in [0.25, 0.3) is 83.3 Å². The highest BCUT2D eigenvalue weighted by atomic mass is 16.3. The van der Waals surface area contributed by atoms with Crippen molar-refractivity contribution in [3.8, 4) is 39.5 Å². The van der Waals surface area contributed by atoms with Crippen LogP contribution in [0, 0.1) is 0 Å². The normalized spacial score (nSPS) is 13.5. The number of fused-ring (bicyclic) bond motifs is 10. The molecule has 3 aromatic heterocycles. The van der Waals surface area contributed by atoms with E-state index in [9.17, 15) is 0 Å². The first-order chi connectivity index (χ1) is 23.1. The lowest BCUT2D eigenvalue weighted by Gasteiger charge is -2.21. The van der Waals surface area contributed by atoms with Crippen molar-refractivity contribution in [2.24, 2.45) is 0 Å². The summed E-state index contributed by atoms with van der Waals surface area (Å²) in [5.74, 6) is 0.640. The number of hydrogen-bond acceptors (Lipinski definition) is 3. The summed E-state index contributed by atoms with van der Waals surface area (Å²) in [5.41, 5.74) is 12.9. The molecular weight excluding hydrogens is 574 g/mol. The van der Waals surface area contributed by atoms with Crippen LogP contribution in [-0.2, 0) is 5.41 Å². The third kappa shape index (κ3) is 3.58. The number of benzene rings is 6. The lowest BCUT2D eigenvalue weighted by atomic mass is 9.82. The number of para-hydroxylation sites is 3. The zero-order valence-corrected chi connectivity index (χ0v) is 26.0. The van der Waals surface area contributed by atoms with Gasteiger partial charge in [0.15, 0.2) is 5.82 Å². The summed E-state index contributed by atoms with van der Waals surface area (Å²) in [7, 11) is 0. The summed E-state index contributed by atoms with van der Waals surface area (Å²) in [4.78, 5) is 10.3. The molecule has 0 bridgehead atoms. The largest absolute Gasteiger partial charge is 0.438 e. The molecule has 10 rings (SSSR count). The van der Waals surface area contributed by atoms with Crippen molar-refractivity contribution in [2.75, 3.05) is 0 Å². The molecule has 0 unspecified atom stereocenters. The van der Waals surface area contributed by atoms with E-state index in [1.807, 2.05) is 36.4 Å². The first-order valence-electron chi connectivity index (χ1n) is 16.1. The lowest BCUT2D eigenvalue weighted by Crippen LogP contribution is -2.14. The number of hydrogen-bond donors (Lipinski definition) is 0.